The quantitative estimate of drug-likeness (QED) is 0.249. The summed E-state index contributed by atoms with van der Waals surface area (Å²) in [5.74, 6) is 1.69. The van der Waals surface area contributed by atoms with E-state index in [1.807, 2.05) is 12.1 Å². The molecule has 1 fully saturated rings. The molecule has 0 saturated carbocycles. The maximum atomic E-state index is 11.3. The van der Waals surface area contributed by atoms with Crippen LogP contribution in [0.1, 0.15) is 34.9 Å². The lowest BCUT2D eigenvalue weighted by Gasteiger charge is -2.37. The molecule has 2 aromatic carbocycles. The topological polar surface area (TPSA) is 66.8 Å². The zero-order valence-corrected chi connectivity index (χ0v) is 21.7. The number of furan rings is 1. The monoisotopic (exact) mass is 538 g/mol. The first-order valence-electron chi connectivity index (χ1n) is 11.9. The Hall–Kier alpha value is -2.84. The molecule has 6 nitrogen and oxygen atoms in total. The Balaban J connectivity index is 1.32. The van der Waals surface area contributed by atoms with Gasteiger partial charge in [-0.3, -0.25) is 4.90 Å². The van der Waals surface area contributed by atoms with E-state index in [1.54, 1.807) is 24.5 Å². The second-order valence-corrected chi connectivity index (χ2v) is 11.0. The maximum absolute atomic E-state index is 11.3. The molecule has 4 heterocycles. The molecule has 9 heteroatoms. The highest BCUT2D eigenvalue weighted by Crippen LogP contribution is 2.44. The average Bonchev–Trinajstić information content (AvgIpc) is 3.61. The Bertz CT molecular complexity index is 1470. The van der Waals surface area contributed by atoms with Crippen molar-refractivity contribution in [2.45, 2.75) is 25.3 Å². The molecule has 1 N–H and O–H groups in total. The number of nitrogens with zero attached hydrogens (tertiary/aromatic N) is 4. The van der Waals surface area contributed by atoms with Gasteiger partial charge in [0.2, 0.25) is 16.7 Å². The molecule has 0 radical (unpaired) electrons. The minimum Gasteiger partial charge on any atom is -0.492 e. The van der Waals surface area contributed by atoms with Gasteiger partial charge >= 0.3 is 0 Å². The molecule has 1 aliphatic rings. The number of fused-ring (bicyclic) bond motifs is 1. The molecule has 6 rings (SSSR count). The van der Waals surface area contributed by atoms with Gasteiger partial charge in [-0.25, -0.2) is 0 Å². The van der Waals surface area contributed by atoms with E-state index in [-0.39, 0.29) is 11.9 Å². The molecule has 184 valence electrons. The van der Waals surface area contributed by atoms with E-state index in [1.165, 1.54) is 21.4 Å². The lowest BCUT2D eigenvalue weighted by atomic mass is 9.89. The molecule has 5 aromatic rings. The number of aromatic nitrogens is 3. The molecule has 1 atom stereocenters. The van der Waals surface area contributed by atoms with Crippen LogP contribution in [-0.2, 0) is 6.42 Å². The summed E-state index contributed by atoms with van der Waals surface area (Å²) in [7, 11) is 0. The van der Waals surface area contributed by atoms with Gasteiger partial charge in [-0.05, 0) is 73.7 Å². The van der Waals surface area contributed by atoms with Gasteiger partial charge in [0.15, 0.2) is 5.76 Å². The predicted octanol–water partition coefficient (Wildman–Crippen LogP) is 7.11. The molecular weight excluding hydrogens is 515 g/mol. The molecule has 0 bridgehead atoms. The molecular formula is C27H24Cl2N4O2S. The molecule has 1 unspecified atom stereocenters. The molecule has 0 spiro atoms. The molecule has 1 saturated heterocycles. The molecule has 0 aliphatic carbocycles. The van der Waals surface area contributed by atoms with Crippen molar-refractivity contribution in [3.63, 3.8) is 0 Å². The van der Waals surface area contributed by atoms with Crippen molar-refractivity contribution >= 4 is 39.5 Å². The number of piperidine rings is 1. The second-order valence-electron chi connectivity index (χ2n) is 9.13. The zero-order chi connectivity index (χ0) is 24.6. The Labute approximate surface area is 222 Å². The summed E-state index contributed by atoms with van der Waals surface area (Å²) in [4.78, 5) is 8.36. The van der Waals surface area contributed by atoms with Crippen LogP contribution in [0.4, 0.5) is 0 Å². The standard InChI is InChI=1S/C27H24Cl2N4O2S/c28-19-8-9-20(21(29)16-19)23(32-12-10-18(11-13-32)15-17-5-2-1-3-6-17)24-26(34)33-27(36-24)30-25(31-33)22-7-4-14-35-22/h1-9,14,16,18,23,34H,10-13,15H2. The fourth-order valence-electron chi connectivity index (χ4n) is 5.03. The van der Waals surface area contributed by atoms with Gasteiger partial charge in [0.05, 0.1) is 17.2 Å². The Morgan fingerprint density at radius 1 is 1.06 bits per heavy atom. The number of hydrogen-bond acceptors (Lipinski definition) is 6. The van der Waals surface area contributed by atoms with Crippen molar-refractivity contribution in [1.29, 1.82) is 0 Å². The van der Waals surface area contributed by atoms with E-state index in [0.29, 0.717) is 32.5 Å². The molecule has 1 aliphatic heterocycles. The van der Waals surface area contributed by atoms with Crippen molar-refractivity contribution in [1.82, 2.24) is 19.5 Å². The van der Waals surface area contributed by atoms with Crippen LogP contribution >= 0.6 is 34.5 Å². The third-order valence-electron chi connectivity index (χ3n) is 6.83. The van der Waals surface area contributed by atoms with Crippen LogP contribution in [0, 0.1) is 5.92 Å². The summed E-state index contributed by atoms with van der Waals surface area (Å²) < 4.78 is 6.91. The van der Waals surface area contributed by atoms with E-state index in [0.717, 1.165) is 42.8 Å². The van der Waals surface area contributed by atoms with Gasteiger partial charge in [0.1, 0.15) is 0 Å². The van der Waals surface area contributed by atoms with Crippen LogP contribution in [-0.4, -0.2) is 37.7 Å². The van der Waals surface area contributed by atoms with Gasteiger partial charge in [-0.15, -0.1) is 5.10 Å². The summed E-state index contributed by atoms with van der Waals surface area (Å²) in [5.41, 5.74) is 2.29. The third kappa shape index (κ3) is 4.52. The smallest absolute Gasteiger partial charge is 0.230 e. The maximum Gasteiger partial charge on any atom is 0.230 e. The lowest BCUT2D eigenvalue weighted by molar-refractivity contribution is 0.151. The average molecular weight is 539 g/mol. The molecule has 0 amide bonds. The number of halogens is 2. The number of benzene rings is 2. The van der Waals surface area contributed by atoms with Crippen LogP contribution < -0.4 is 0 Å². The normalized spacial score (nSPS) is 16.1. The summed E-state index contributed by atoms with van der Waals surface area (Å²) in [5, 5.41) is 17.0. The van der Waals surface area contributed by atoms with Crippen LogP contribution in [0.5, 0.6) is 5.88 Å². The summed E-state index contributed by atoms with van der Waals surface area (Å²) in [6.07, 6.45) is 4.80. The Morgan fingerprint density at radius 3 is 2.56 bits per heavy atom. The minimum absolute atomic E-state index is 0.0720. The van der Waals surface area contributed by atoms with Crippen molar-refractivity contribution in [2.24, 2.45) is 5.92 Å². The highest BCUT2D eigenvalue weighted by molar-refractivity contribution is 7.17. The van der Waals surface area contributed by atoms with Crippen molar-refractivity contribution in [3.05, 3.63) is 93.0 Å². The van der Waals surface area contributed by atoms with Gasteiger partial charge < -0.3 is 9.52 Å². The van der Waals surface area contributed by atoms with Crippen molar-refractivity contribution in [2.75, 3.05) is 13.1 Å². The number of aromatic hydroxyl groups is 1. The second kappa shape index (κ2) is 9.90. The highest BCUT2D eigenvalue weighted by atomic mass is 35.5. The van der Waals surface area contributed by atoms with E-state index in [2.05, 4.69) is 45.3 Å². The van der Waals surface area contributed by atoms with Crippen molar-refractivity contribution in [3.8, 4) is 17.5 Å². The fourth-order valence-corrected chi connectivity index (χ4v) is 6.65. The molecule has 36 heavy (non-hydrogen) atoms. The first-order chi connectivity index (χ1) is 17.6. The van der Waals surface area contributed by atoms with E-state index in [9.17, 15) is 5.11 Å². The van der Waals surface area contributed by atoms with E-state index in [4.69, 9.17) is 27.6 Å². The first kappa shape index (κ1) is 23.6. The Morgan fingerprint density at radius 2 is 1.86 bits per heavy atom. The van der Waals surface area contributed by atoms with Gasteiger partial charge in [-0.2, -0.15) is 9.50 Å². The number of likely N-dealkylation sites (tertiary alicyclic amines) is 1. The van der Waals surface area contributed by atoms with Crippen LogP contribution in [0.2, 0.25) is 10.0 Å². The number of thiazole rings is 1. The van der Waals surface area contributed by atoms with Crippen LogP contribution in [0.3, 0.4) is 0 Å². The lowest BCUT2D eigenvalue weighted by Crippen LogP contribution is -2.37. The third-order valence-corrected chi connectivity index (χ3v) is 8.46. The van der Waals surface area contributed by atoms with Gasteiger partial charge in [0.25, 0.3) is 0 Å². The highest BCUT2D eigenvalue weighted by Gasteiger charge is 2.33. The largest absolute Gasteiger partial charge is 0.492 e. The van der Waals surface area contributed by atoms with E-state index < -0.39 is 0 Å². The van der Waals surface area contributed by atoms with Crippen molar-refractivity contribution < 1.29 is 9.52 Å². The first-order valence-corrected chi connectivity index (χ1v) is 13.5. The van der Waals surface area contributed by atoms with Crippen LogP contribution in [0.15, 0.2) is 71.3 Å². The van der Waals surface area contributed by atoms with Crippen LogP contribution in [0.25, 0.3) is 16.5 Å². The minimum atomic E-state index is -0.229. The zero-order valence-electron chi connectivity index (χ0n) is 19.3. The Kier molecular flexibility index (Phi) is 6.48. The summed E-state index contributed by atoms with van der Waals surface area (Å²) in [6.45, 7) is 1.79. The predicted molar refractivity (Wildman–Crippen MR) is 143 cm³/mol. The summed E-state index contributed by atoms with van der Waals surface area (Å²) in [6, 6.07) is 19.6. The SMILES string of the molecule is Oc1c(C(c2ccc(Cl)cc2Cl)N2CCC(Cc3ccccc3)CC2)sc2nc(-c3ccco3)nn12. The van der Waals surface area contributed by atoms with E-state index >= 15 is 0 Å². The number of rotatable bonds is 6. The van der Waals surface area contributed by atoms with Gasteiger partial charge in [-0.1, -0.05) is 70.9 Å². The number of hydrogen-bond donors (Lipinski definition) is 1. The fraction of sp³-hybridized carbons (Fsp3) is 0.259. The van der Waals surface area contributed by atoms with Gasteiger partial charge in [0, 0.05) is 10.0 Å². The summed E-state index contributed by atoms with van der Waals surface area (Å²) >= 11 is 14.3. The molecule has 3 aromatic heterocycles.